The summed E-state index contributed by atoms with van der Waals surface area (Å²) < 4.78 is 33.5. The topological polar surface area (TPSA) is 34.4 Å². The fraction of sp³-hybridized carbons (Fsp3) is 0.600. The smallest absolute Gasteiger partial charge is 0.261 e. The summed E-state index contributed by atoms with van der Waals surface area (Å²) in [4.78, 5) is 0. The standard InChI is InChI=1S/C10H15F2NO2/c1-2-13-5-8-3-4-15-9(8)6-14-7-10(11)12/h3-4,10,13H,2,5-7H2,1H3. The molecule has 0 atom stereocenters. The van der Waals surface area contributed by atoms with Crippen LogP contribution in [0.2, 0.25) is 0 Å². The van der Waals surface area contributed by atoms with Crippen molar-refractivity contribution in [1.29, 1.82) is 0 Å². The first-order valence-electron chi connectivity index (χ1n) is 4.86. The molecule has 0 radical (unpaired) electrons. The van der Waals surface area contributed by atoms with E-state index in [1.54, 1.807) is 0 Å². The first kappa shape index (κ1) is 12.1. The van der Waals surface area contributed by atoms with Crippen LogP contribution in [0.5, 0.6) is 0 Å². The molecule has 15 heavy (non-hydrogen) atoms. The second-order valence-corrected chi connectivity index (χ2v) is 3.06. The fourth-order valence-corrected chi connectivity index (χ4v) is 1.15. The number of rotatable bonds is 7. The van der Waals surface area contributed by atoms with Crippen molar-refractivity contribution in [1.82, 2.24) is 5.32 Å². The Labute approximate surface area is 87.4 Å². The summed E-state index contributed by atoms with van der Waals surface area (Å²) in [6.45, 7) is 3.05. The van der Waals surface area contributed by atoms with Crippen LogP contribution in [-0.4, -0.2) is 19.6 Å². The van der Waals surface area contributed by atoms with Gasteiger partial charge in [0.1, 0.15) is 19.0 Å². The number of hydrogen-bond donors (Lipinski definition) is 1. The van der Waals surface area contributed by atoms with Gasteiger partial charge in [-0.2, -0.15) is 0 Å². The van der Waals surface area contributed by atoms with Crippen molar-refractivity contribution >= 4 is 0 Å². The van der Waals surface area contributed by atoms with Gasteiger partial charge >= 0.3 is 0 Å². The molecule has 0 amide bonds. The predicted molar refractivity (Wildman–Crippen MR) is 51.7 cm³/mol. The molecule has 0 aliphatic rings. The summed E-state index contributed by atoms with van der Waals surface area (Å²) in [7, 11) is 0. The quantitative estimate of drug-likeness (QED) is 0.763. The Balaban J connectivity index is 2.35. The van der Waals surface area contributed by atoms with E-state index in [4.69, 9.17) is 9.15 Å². The summed E-state index contributed by atoms with van der Waals surface area (Å²) in [5.74, 6) is 0.608. The Morgan fingerprint density at radius 3 is 3.00 bits per heavy atom. The molecule has 5 heteroatoms. The van der Waals surface area contributed by atoms with Crippen molar-refractivity contribution in [3.8, 4) is 0 Å². The lowest BCUT2D eigenvalue weighted by atomic mass is 10.2. The van der Waals surface area contributed by atoms with Crippen LogP contribution in [-0.2, 0) is 17.9 Å². The Kier molecular flexibility index (Phi) is 5.28. The molecule has 86 valence electrons. The molecule has 0 aliphatic carbocycles. The zero-order valence-electron chi connectivity index (χ0n) is 8.63. The normalized spacial score (nSPS) is 11.2. The first-order valence-corrected chi connectivity index (χ1v) is 4.86. The van der Waals surface area contributed by atoms with E-state index in [9.17, 15) is 8.78 Å². The summed E-state index contributed by atoms with van der Waals surface area (Å²) in [5, 5.41) is 3.13. The van der Waals surface area contributed by atoms with E-state index in [-0.39, 0.29) is 6.61 Å². The second-order valence-electron chi connectivity index (χ2n) is 3.06. The SMILES string of the molecule is CCNCc1ccoc1COCC(F)F. The number of ether oxygens (including phenoxy) is 1. The van der Waals surface area contributed by atoms with Gasteiger partial charge in [0, 0.05) is 12.1 Å². The average molecular weight is 219 g/mol. The lowest BCUT2D eigenvalue weighted by molar-refractivity contribution is 0.00422. The third kappa shape index (κ3) is 4.40. The molecule has 0 fully saturated rings. The largest absolute Gasteiger partial charge is 0.467 e. The van der Waals surface area contributed by atoms with Crippen molar-refractivity contribution in [2.75, 3.05) is 13.2 Å². The molecular formula is C10H15F2NO2. The van der Waals surface area contributed by atoms with Crippen LogP contribution in [0.25, 0.3) is 0 Å². The Hall–Kier alpha value is -0.940. The third-order valence-electron chi connectivity index (χ3n) is 1.88. The minimum absolute atomic E-state index is 0.0953. The van der Waals surface area contributed by atoms with Crippen molar-refractivity contribution in [2.24, 2.45) is 0 Å². The van der Waals surface area contributed by atoms with E-state index < -0.39 is 13.0 Å². The molecule has 0 unspecified atom stereocenters. The molecule has 1 rings (SSSR count). The van der Waals surface area contributed by atoms with Crippen molar-refractivity contribution < 1.29 is 17.9 Å². The molecule has 3 nitrogen and oxygen atoms in total. The number of halogens is 2. The number of hydrogen-bond acceptors (Lipinski definition) is 3. The Bertz CT molecular complexity index is 276. The minimum atomic E-state index is -2.43. The van der Waals surface area contributed by atoms with E-state index in [1.165, 1.54) is 6.26 Å². The van der Waals surface area contributed by atoms with Crippen LogP contribution in [0, 0.1) is 0 Å². The third-order valence-corrected chi connectivity index (χ3v) is 1.88. The molecule has 1 heterocycles. The monoisotopic (exact) mass is 219 g/mol. The molecule has 1 aromatic rings. The van der Waals surface area contributed by atoms with Gasteiger partial charge in [0.15, 0.2) is 0 Å². The van der Waals surface area contributed by atoms with Crippen LogP contribution in [0.3, 0.4) is 0 Å². The molecule has 1 aromatic heterocycles. The highest BCUT2D eigenvalue weighted by molar-refractivity contribution is 5.15. The highest BCUT2D eigenvalue weighted by Gasteiger charge is 2.08. The summed E-state index contributed by atoms with van der Waals surface area (Å²) >= 11 is 0. The Morgan fingerprint density at radius 1 is 1.53 bits per heavy atom. The molecule has 0 aliphatic heterocycles. The lowest BCUT2D eigenvalue weighted by Gasteiger charge is -2.04. The predicted octanol–water partition coefficient (Wildman–Crippen LogP) is 2.17. The van der Waals surface area contributed by atoms with Crippen LogP contribution in [0.4, 0.5) is 8.78 Å². The molecule has 0 bridgehead atoms. The molecule has 0 spiro atoms. The van der Waals surface area contributed by atoms with Gasteiger partial charge in [-0.25, -0.2) is 8.78 Å². The van der Waals surface area contributed by atoms with Crippen LogP contribution in [0.15, 0.2) is 16.7 Å². The van der Waals surface area contributed by atoms with E-state index >= 15 is 0 Å². The first-order chi connectivity index (χ1) is 7.24. The maximum absolute atomic E-state index is 11.8. The zero-order valence-corrected chi connectivity index (χ0v) is 8.63. The fourth-order valence-electron chi connectivity index (χ4n) is 1.15. The van der Waals surface area contributed by atoms with Gasteiger partial charge in [0.05, 0.1) is 6.26 Å². The molecule has 0 aromatic carbocycles. The highest BCUT2D eigenvalue weighted by atomic mass is 19.3. The molecule has 0 saturated heterocycles. The Morgan fingerprint density at radius 2 is 2.33 bits per heavy atom. The van der Waals surface area contributed by atoms with Crippen LogP contribution < -0.4 is 5.32 Å². The van der Waals surface area contributed by atoms with Gasteiger partial charge in [-0.1, -0.05) is 6.92 Å². The van der Waals surface area contributed by atoms with Crippen LogP contribution in [0.1, 0.15) is 18.2 Å². The summed E-state index contributed by atoms with van der Waals surface area (Å²) in [6, 6.07) is 1.81. The van der Waals surface area contributed by atoms with Gasteiger partial charge in [-0.3, -0.25) is 0 Å². The van der Waals surface area contributed by atoms with E-state index in [2.05, 4.69) is 5.32 Å². The summed E-state index contributed by atoms with van der Waals surface area (Å²) in [5.41, 5.74) is 0.950. The average Bonchev–Trinajstić information content (AvgIpc) is 2.62. The number of furan rings is 1. The minimum Gasteiger partial charge on any atom is -0.467 e. The van der Waals surface area contributed by atoms with E-state index in [0.717, 1.165) is 12.1 Å². The highest BCUT2D eigenvalue weighted by Crippen LogP contribution is 2.12. The zero-order chi connectivity index (χ0) is 11.1. The van der Waals surface area contributed by atoms with Crippen molar-refractivity contribution in [2.45, 2.75) is 26.5 Å². The lowest BCUT2D eigenvalue weighted by Crippen LogP contribution is -2.13. The van der Waals surface area contributed by atoms with E-state index in [1.807, 2.05) is 13.0 Å². The molecule has 1 N–H and O–H groups in total. The van der Waals surface area contributed by atoms with E-state index in [0.29, 0.717) is 12.3 Å². The second kappa shape index (κ2) is 6.53. The molecular weight excluding hydrogens is 204 g/mol. The van der Waals surface area contributed by atoms with Gasteiger partial charge in [-0.05, 0) is 12.6 Å². The van der Waals surface area contributed by atoms with Crippen molar-refractivity contribution in [3.63, 3.8) is 0 Å². The van der Waals surface area contributed by atoms with Crippen molar-refractivity contribution in [3.05, 3.63) is 23.7 Å². The van der Waals surface area contributed by atoms with Gasteiger partial charge in [0.2, 0.25) is 0 Å². The van der Waals surface area contributed by atoms with Crippen LogP contribution >= 0.6 is 0 Å². The maximum atomic E-state index is 11.8. The number of nitrogens with one attached hydrogen (secondary N) is 1. The number of alkyl halides is 2. The van der Waals surface area contributed by atoms with Gasteiger partial charge in [0.25, 0.3) is 6.43 Å². The van der Waals surface area contributed by atoms with Gasteiger partial charge in [-0.15, -0.1) is 0 Å². The summed E-state index contributed by atoms with van der Waals surface area (Å²) in [6.07, 6.45) is -0.898. The van der Waals surface area contributed by atoms with Gasteiger partial charge < -0.3 is 14.5 Å². The maximum Gasteiger partial charge on any atom is 0.261 e. The molecule has 0 saturated carbocycles.